The minimum atomic E-state index is -0.349. The maximum atomic E-state index is 9.03. The second kappa shape index (κ2) is 3.69. The fourth-order valence-corrected chi connectivity index (χ4v) is 3.34. The first kappa shape index (κ1) is 10.8. The lowest BCUT2D eigenvalue weighted by atomic mass is 9.82. The minimum Gasteiger partial charge on any atom is -0.364 e. The topological polar surface area (TPSA) is 50.8 Å². The summed E-state index contributed by atoms with van der Waals surface area (Å²) in [7, 11) is 0. The molecule has 4 nitrogen and oxygen atoms in total. The Morgan fingerprint density at radius 3 is 3.26 bits per heavy atom. The minimum absolute atomic E-state index is 0.349. The molecule has 0 saturated heterocycles. The van der Waals surface area contributed by atoms with Crippen molar-refractivity contribution >= 4 is 0 Å². The average molecular weight is 251 g/mol. The third-order valence-electron chi connectivity index (χ3n) is 4.22. The normalized spacial score (nSPS) is 23.9. The number of benzene rings is 1. The molecule has 2 aliphatic rings. The Kier molecular flexibility index (Phi) is 2.09. The third-order valence-corrected chi connectivity index (χ3v) is 4.22. The summed E-state index contributed by atoms with van der Waals surface area (Å²) in [6.45, 7) is 1.64. The predicted octanol–water partition coefficient (Wildman–Crippen LogP) is 1.97. The molecule has 1 atom stereocenters. The summed E-state index contributed by atoms with van der Waals surface area (Å²) in [4.78, 5) is 4.23. The van der Waals surface area contributed by atoms with E-state index in [0.717, 1.165) is 30.6 Å². The molecule has 4 heteroatoms. The van der Waals surface area contributed by atoms with Gasteiger partial charge < -0.3 is 9.30 Å². The van der Waals surface area contributed by atoms with Gasteiger partial charge in [-0.05, 0) is 29.7 Å². The summed E-state index contributed by atoms with van der Waals surface area (Å²) < 4.78 is 8.33. The van der Waals surface area contributed by atoms with Gasteiger partial charge in [-0.2, -0.15) is 5.26 Å². The first-order valence-electron chi connectivity index (χ1n) is 6.51. The van der Waals surface area contributed by atoms with Gasteiger partial charge in [-0.3, -0.25) is 0 Å². The smallest absolute Gasteiger partial charge is 0.136 e. The van der Waals surface area contributed by atoms with Crippen molar-refractivity contribution in [2.75, 3.05) is 6.61 Å². The number of nitriles is 1. The molecule has 0 aliphatic carbocycles. The molecule has 1 aromatic carbocycles. The predicted molar refractivity (Wildman–Crippen MR) is 68.4 cm³/mol. The van der Waals surface area contributed by atoms with E-state index in [1.165, 1.54) is 11.1 Å². The van der Waals surface area contributed by atoms with E-state index in [9.17, 15) is 0 Å². The summed E-state index contributed by atoms with van der Waals surface area (Å²) in [5.41, 5.74) is 3.95. The molecule has 2 aliphatic heterocycles. The van der Waals surface area contributed by atoms with Gasteiger partial charge in [0.2, 0.25) is 0 Å². The van der Waals surface area contributed by atoms with Crippen LogP contribution in [0.15, 0.2) is 30.7 Å². The van der Waals surface area contributed by atoms with Crippen LogP contribution in [0.25, 0.3) is 0 Å². The Morgan fingerprint density at radius 2 is 2.37 bits per heavy atom. The van der Waals surface area contributed by atoms with E-state index < -0.39 is 0 Å². The number of aryl methyl sites for hydroxylation is 1. The van der Waals surface area contributed by atoms with Crippen LogP contribution >= 0.6 is 0 Å². The van der Waals surface area contributed by atoms with Crippen LogP contribution in [0.4, 0.5) is 0 Å². The molecule has 0 bridgehead atoms. The van der Waals surface area contributed by atoms with E-state index in [4.69, 9.17) is 10.00 Å². The Morgan fingerprint density at radius 1 is 1.42 bits per heavy atom. The van der Waals surface area contributed by atoms with Crippen molar-refractivity contribution < 1.29 is 4.74 Å². The molecule has 1 spiro atoms. The quantitative estimate of drug-likeness (QED) is 0.719. The first-order valence-corrected chi connectivity index (χ1v) is 6.51. The molecule has 0 N–H and O–H groups in total. The van der Waals surface area contributed by atoms with Gasteiger partial charge in [0, 0.05) is 13.0 Å². The van der Waals surface area contributed by atoms with Crippen molar-refractivity contribution in [2.45, 2.75) is 25.0 Å². The Bertz CT molecular complexity index is 698. The van der Waals surface area contributed by atoms with Crippen molar-refractivity contribution in [2.24, 2.45) is 0 Å². The molecule has 3 heterocycles. The fourth-order valence-electron chi connectivity index (χ4n) is 3.34. The molecular formula is C15H13N3O. The summed E-state index contributed by atoms with van der Waals surface area (Å²) in [6.07, 6.45) is 5.59. The lowest BCUT2D eigenvalue weighted by Gasteiger charge is -2.35. The summed E-state index contributed by atoms with van der Waals surface area (Å²) in [5, 5.41) is 9.03. The molecule has 2 aromatic rings. The summed E-state index contributed by atoms with van der Waals surface area (Å²) in [6, 6.07) is 8.15. The van der Waals surface area contributed by atoms with E-state index in [1.54, 1.807) is 0 Å². The van der Waals surface area contributed by atoms with Crippen molar-refractivity contribution in [3.63, 3.8) is 0 Å². The lowest BCUT2D eigenvalue weighted by Crippen LogP contribution is -2.34. The van der Waals surface area contributed by atoms with Gasteiger partial charge in [-0.15, -0.1) is 0 Å². The van der Waals surface area contributed by atoms with Crippen LogP contribution in [0.1, 0.15) is 28.8 Å². The van der Waals surface area contributed by atoms with Gasteiger partial charge in [-0.25, -0.2) is 4.98 Å². The Balaban J connectivity index is 1.93. The SMILES string of the molecule is N#Cc1ccc2c(c1)CCOC21CCn2cncc21. The van der Waals surface area contributed by atoms with Gasteiger partial charge in [0.05, 0.1) is 36.5 Å². The van der Waals surface area contributed by atoms with Crippen LogP contribution in [0, 0.1) is 11.3 Å². The van der Waals surface area contributed by atoms with E-state index in [0.29, 0.717) is 6.61 Å². The summed E-state index contributed by atoms with van der Waals surface area (Å²) >= 11 is 0. The lowest BCUT2D eigenvalue weighted by molar-refractivity contribution is -0.0272. The number of nitrogens with zero attached hydrogens (tertiary/aromatic N) is 3. The molecule has 0 saturated carbocycles. The van der Waals surface area contributed by atoms with Gasteiger partial charge >= 0.3 is 0 Å². The highest BCUT2D eigenvalue weighted by atomic mass is 16.5. The third kappa shape index (κ3) is 1.33. The number of imidazole rings is 1. The highest BCUT2D eigenvalue weighted by Crippen LogP contribution is 2.45. The van der Waals surface area contributed by atoms with E-state index in [1.807, 2.05) is 24.7 Å². The zero-order chi connectivity index (χ0) is 12.9. The monoisotopic (exact) mass is 251 g/mol. The van der Waals surface area contributed by atoms with Crippen molar-refractivity contribution in [1.82, 2.24) is 9.55 Å². The molecule has 1 unspecified atom stereocenters. The van der Waals surface area contributed by atoms with Crippen molar-refractivity contribution in [3.8, 4) is 6.07 Å². The maximum absolute atomic E-state index is 9.03. The highest BCUT2D eigenvalue weighted by Gasteiger charge is 2.45. The number of aromatic nitrogens is 2. The summed E-state index contributed by atoms with van der Waals surface area (Å²) in [5.74, 6) is 0. The average Bonchev–Trinajstić information content (AvgIpc) is 3.04. The van der Waals surface area contributed by atoms with Crippen LogP contribution in [-0.4, -0.2) is 16.2 Å². The Hall–Kier alpha value is -2.12. The number of rotatable bonds is 0. The van der Waals surface area contributed by atoms with Crippen LogP contribution < -0.4 is 0 Å². The van der Waals surface area contributed by atoms with E-state index >= 15 is 0 Å². The second-order valence-corrected chi connectivity index (χ2v) is 5.13. The maximum Gasteiger partial charge on any atom is 0.136 e. The van der Waals surface area contributed by atoms with Crippen LogP contribution in [0.3, 0.4) is 0 Å². The molecule has 0 fully saturated rings. The van der Waals surface area contributed by atoms with Crippen LogP contribution in [0.5, 0.6) is 0 Å². The van der Waals surface area contributed by atoms with Crippen molar-refractivity contribution in [1.29, 1.82) is 5.26 Å². The van der Waals surface area contributed by atoms with Gasteiger partial charge in [0.25, 0.3) is 0 Å². The molecule has 0 radical (unpaired) electrons. The van der Waals surface area contributed by atoms with Gasteiger partial charge in [-0.1, -0.05) is 6.07 Å². The number of ether oxygens (including phenoxy) is 1. The molecule has 1 aromatic heterocycles. The zero-order valence-electron chi connectivity index (χ0n) is 10.5. The van der Waals surface area contributed by atoms with Crippen LogP contribution in [-0.2, 0) is 23.3 Å². The molecular weight excluding hydrogens is 238 g/mol. The molecule has 94 valence electrons. The van der Waals surface area contributed by atoms with E-state index in [2.05, 4.69) is 21.7 Å². The standard InChI is InChI=1S/C15H13N3O/c16-8-11-1-2-13-12(7-11)3-6-19-15(13)4-5-18-10-17-9-14(15)18/h1-2,7,9-10H,3-6H2. The largest absolute Gasteiger partial charge is 0.364 e. The van der Waals surface area contributed by atoms with Crippen molar-refractivity contribution in [3.05, 3.63) is 53.1 Å². The number of hydrogen-bond acceptors (Lipinski definition) is 3. The zero-order valence-corrected chi connectivity index (χ0v) is 10.5. The Labute approximate surface area is 111 Å². The van der Waals surface area contributed by atoms with Crippen LogP contribution in [0.2, 0.25) is 0 Å². The second-order valence-electron chi connectivity index (χ2n) is 5.13. The highest BCUT2D eigenvalue weighted by molar-refractivity contribution is 5.46. The fraction of sp³-hybridized carbons (Fsp3) is 0.333. The van der Waals surface area contributed by atoms with E-state index in [-0.39, 0.29) is 5.60 Å². The molecule has 19 heavy (non-hydrogen) atoms. The van der Waals surface area contributed by atoms with Gasteiger partial charge in [0.1, 0.15) is 5.60 Å². The molecule has 0 amide bonds. The number of hydrogen-bond donors (Lipinski definition) is 0. The number of fused-ring (bicyclic) bond motifs is 4. The van der Waals surface area contributed by atoms with Gasteiger partial charge in [0.15, 0.2) is 0 Å². The molecule has 4 rings (SSSR count). The first-order chi connectivity index (χ1) is 9.33.